The molecule has 8 heteroatoms. The van der Waals surface area contributed by atoms with Crippen LogP contribution in [0.25, 0.3) is 10.9 Å². The monoisotopic (exact) mass is 391 g/mol. The number of amides is 3. The summed E-state index contributed by atoms with van der Waals surface area (Å²) in [5.74, 6) is -0.167. The van der Waals surface area contributed by atoms with E-state index in [1.54, 1.807) is 4.90 Å². The first-order valence-corrected chi connectivity index (χ1v) is 9.55. The van der Waals surface area contributed by atoms with E-state index in [4.69, 9.17) is 11.6 Å². The molecular weight excluding hydrogens is 366 g/mol. The van der Waals surface area contributed by atoms with Crippen molar-refractivity contribution in [2.24, 2.45) is 0 Å². The van der Waals surface area contributed by atoms with Crippen LogP contribution in [0.3, 0.4) is 0 Å². The number of fused-ring (bicyclic) bond motifs is 3. The molecule has 2 aromatic rings. The molecule has 7 nitrogen and oxygen atoms in total. The average molecular weight is 392 g/mol. The molecule has 146 valence electrons. The predicted octanol–water partition coefficient (Wildman–Crippen LogP) is 1.96. The standard InChI is InChI=1S/C19H26ClN5O2/c1-24(2)8-3-7-21-18(26)11-22-19(27)25-9-6-14-15-10-13(20)4-5-16(15)23-17(14)12-25/h4-5,10,23H,3,6-9,11-12H2,1-2H3,(H,21,26)(H,22,27). The lowest BCUT2D eigenvalue weighted by molar-refractivity contribution is -0.120. The lowest BCUT2D eigenvalue weighted by atomic mass is 10.0. The number of rotatable bonds is 6. The predicted molar refractivity (Wildman–Crippen MR) is 107 cm³/mol. The van der Waals surface area contributed by atoms with E-state index in [9.17, 15) is 9.59 Å². The van der Waals surface area contributed by atoms with Gasteiger partial charge in [0.25, 0.3) is 0 Å². The van der Waals surface area contributed by atoms with E-state index in [1.807, 2.05) is 32.3 Å². The molecule has 3 amide bonds. The first-order valence-electron chi connectivity index (χ1n) is 9.17. The van der Waals surface area contributed by atoms with E-state index < -0.39 is 0 Å². The number of carbonyl (C=O) groups excluding carboxylic acids is 2. The number of urea groups is 1. The highest BCUT2D eigenvalue weighted by atomic mass is 35.5. The van der Waals surface area contributed by atoms with Gasteiger partial charge in [0.05, 0.1) is 13.1 Å². The Balaban J connectivity index is 1.49. The third-order valence-electron chi connectivity index (χ3n) is 4.73. The van der Waals surface area contributed by atoms with E-state index in [0.717, 1.165) is 36.0 Å². The van der Waals surface area contributed by atoms with Gasteiger partial charge in [-0.3, -0.25) is 4.79 Å². The Morgan fingerprint density at radius 1 is 1.30 bits per heavy atom. The zero-order valence-electron chi connectivity index (χ0n) is 15.8. The number of halogens is 1. The third-order valence-corrected chi connectivity index (χ3v) is 4.96. The van der Waals surface area contributed by atoms with Gasteiger partial charge < -0.3 is 25.4 Å². The minimum Gasteiger partial charge on any atom is -0.357 e. The van der Waals surface area contributed by atoms with Crippen LogP contribution in [0, 0.1) is 0 Å². The number of nitrogens with zero attached hydrogens (tertiary/aromatic N) is 2. The van der Waals surface area contributed by atoms with Crippen molar-refractivity contribution in [1.29, 1.82) is 0 Å². The molecule has 1 aliphatic heterocycles. The van der Waals surface area contributed by atoms with Gasteiger partial charge in [-0.15, -0.1) is 0 Å². The molecule has 1 aromatic heterocycles. The quantitative estimate of drug-likeness (QED) is 0.658. The van der Waals surface area contributed by atoms with Gasteiger partial charge in [0.15, 0.2) is 0 Å². The molecule has 0 unspecified atom stereocenters. The Labute approximate surface area is 164 Å². The highest BCUT2D eigenvalue weighted by Crippen LogP contribution is 2.29. The zero-order chi connectivity index (χ0) is 19.4. The molecule has 0 atom stereocenters. The fraction of sp³-hybridized carbons (Fsp3) is 0.474. The molecule has 1 aromatic carbocycles. The molecule has 3 rings (SSSR count). The molecule has 0 fully saturated rings. The van der Waals surface area contributed by atoms with Crippen LogP contribution in [0.2, 0.25) is 5.02 Å². The molecule has 2 heterocycles. The van der Waals surface area contributed by atoms with Gasteiger partial charge in [-0.05, 0) is 57.2 Å². The van der Waals surface area contributed by atoms with Crippen LogP contribution >= 0.6 is 11.6 Å². The number of aromatic nitrogens is 1. The van der Waals surface area contributed by atoms with E-state index in [1.165, 1.54) is 5.56 Å². The molecule has 0 aliphatic carbocycles. The van der Waals surface area contributed by atoms with Crippen molar-refractivity contribution in [3.63, 3.8) is 0 Å². The number of carbonyl (C=O) groups is 2. The molecular formula is C19H26ClN5O2. The second kappa shape index (κ2) is 8.63. The lowest BCUT2D eigenvalue weighted by Crippen LogP contribution is -2.46. The minimum atomic E-state index is -0.221. The molecule has 0 saturated heterocycles. The van der Waals surface area contributed by atoms with E-state index >= 15 is 0 Å². The van der Waals surface area contributed by atoms with E-state index in [-0.39, 0.29) is 18.5 Å². The summed E-state index contributed by atoms with van der Waals surface area (Å²) in [7, 11) is 3.99. The number of nitrogens with one attached hydrogen (secondary N) is 3. The van der Waals surface area contributed by atoms with Gasteiger partial charge in [-0.25, -0.2) is 4.79 Å². The van der Waals surface area contributed by atoms with Crippen molar-refractivity contribution in [3.05, 3.63) is 34.5 Å². The molecule has 0 spiro atoms. The summed E-state index contributed by atoms with van der Waals surface area (Å²) >= 11 is 6.10. The van der Waals surface area contributed by atoms with Crippen LogP contribution < -0.4 is 10.6 Å². The second-order valence-electron chi connectivity index (χ2n) is 7.11. The summed E-state index contributed by atoms with van der Waals surface area (Å²) < 4.78 is 0. The lowest BCUT2D eigenvalue weighted by Gasteiger charge is -2.27. The summed E-state index contributed by atoms with van der Waals surface area (Å²) in [6.45, 7) is 2.63. The number of hydrogen-bond donors (Lipinski definition) is 3. The third kappa shape index (κ3) is 4.93. The molecule has 3 N–H and O–H groups in total. The van der Waals surface area contributed by atoms with E-state index in [0.29, 0.717) is 24.7 Å². The van der Waals surface area contributed by atoms with Crippen LogP contribution in [-0.4, -0.2) is 67.0 Å². The maximum atomic E-state index is 12.4. The average Bonchev–Trinajstić information content (AvgIpc) is 3.00. The van der Waals surface area contributed by atoms with Crippen LogP contribution in [0.5, 0.6) is 0 Å². The van der Waals surface area contributed by atoms with Gasteiger partial charge in [0, 0.05) is 34.7 Å². The topological polar surface area (TPSA) is 80.5 Å². The molecule has 0 radical (unpaired) electrons. The Morgan fingerprint density at radius 2 is 2.11 bits per heavy atom. The summed E-state index contributed by atoms with van der Waals surface area (Å²) in [5, 5.41) is 7.35. The molecule has 0 saturated carbocycles. The SMILES string of the molecule is CN(C)CCCNC(=O)CNC(=O)N1CCc2c([nH]c3ccc(Cl)cc23)C1. The van der Waals surface area contributed by atoms with Crippen LogP contribution in [0.15, 0.2) is 18.2 Å². The van der Waals surface area contributed by atoms with Gasteiger partial charge in [0.2, 0.25) is 5.91 Å². The molecule has 1 aliphatic rings. The van der Waals surface area contributed by atoms with Gasteiger partial charge >= 0.3 is 6.03 Å². The van der Waals surface area contributed by atoms with Crippen molar-refractivity contribution in [1.82, 2.24) is 25.4 Å². The van der Waals surface area contributed by atoms with Crippen LogP contribution in [0.4, 0.5) is 4.79 Å². The van der Waals surface area contributed by atoms with Crippen LogP contribution in [-0.2, 0) is 17.8 Å². The Hall–Kier alpha value is -2.25. The first-order chi connectivity index (χ1) is 12.9. The van der Waals surface area contributed by atoms with E-state index in [2.05, 4.69) is 20.5 Å². The maximum Gasteiger partial charge on any atom is 0.318 e. The minimum absolute atomic E-state index is 0.00748. The number of hydrogen-bond acceptors (Lipinski definition) is 3. The van der Waals surface area contributed by atoms with Crippen molar-refractivity contribution < 1.29 is 9.59 Å². The highest BCUT2D eigenvalue weighted by molar-refractivity contribution is 6.31. The Bertz CT molecular complexity index is 833. The summed E-state index contributed by atoms with van der Waals surface area (Å²) in [6.07, 6.45) is 1.64. The number of benzene rings is 1. The summed E-state index contributed by atoms with van der Waals surface area (Å²) in [5.41, 5.74) is 3.28. The molecule has 0 bridgehead atoms. The van der Waals surface area contributed by atoms with Crippen molar-refractivity contribution >= 4 is 34.4 Å². The number of aromatic amines is 1. The zero-order valence-corrected chi connectivity index (χ0v) is 16.5. The van der Waals surface area contributed by atoms with Crippen molar-refractivity contribution in [2.75, 3.05) is 40.3 Å². The summed E-state index contributed by atoms with van der Waals surface area (Å²) in [6, 6.07) is 5.55. The van der Waals surface area contributed by atoms with Crippen molar-refractivity contribution in [3.8, 4) is 0 Å². The van der Waals surface area contributed by atoms with Crippen molar-refractivity contribution in [2.45, 2.75) is 19.4 Å². The fourth-order valence-corrected chi connectivity index (χ4v) is 3.51. The number of H-pyrrole nitrogens is 1. The molecule has 27 heavy (non-hydrogen) atoms. The van der Waals surface area contributed by atoms with Gasteiger partial charge in [-0.2, -0.15) is 0 Å². The second-order valence-corrected chi connectivity index (χ2v) is 7.55. The maximum absolute atomic E-state index is 12.4. The fourth-order valence-electron chi connectivity index (χ4n) is 3.34. The van der Waals surface area contributed by atoms with Crippen LogP contribution in [0.1, 0.15) is 17.7 Å². The largest absolute Gasteiger partial charge is 0.357 e. The van der Waals surface area contributed by atoms with Gasteiger partial charge in [-0.1, -0.05) is 11.6 Å². The van der Waals surface area contributed by atoms with Gasteiger partial charge in [0.1, 0.15) is 0 Å². The Morgan fingerprint density at radius 3 is 2.89 bits per heavy atom. The highest BCUT2D eigenvalue weighted by Gasteiger charge is 2.24. The Kier molecular flexibility index (Phi) is 6.23. The normalized spacial score (nSPS) is 13.7. The smallest absolute Gasteiger partial charge is 0.318 e. The summed E-state index contributed by atoms with van der Waals surface area (Å²) in [4.78, 5) is 31.4. The first kappa shape index (κ1) is 19.5.